The quantitative estimate of drug-likeness (QED) is 0.797. The van der Waals surface area contributed by atoms with Crippen LogP contribution in [0.25, 0.3) is 0 Å². The molecule has 0 saturated carbocycles. The Kier molecular flexibility index (Phi) is 5.02. The largest absolute Gasteiger partial charge is 0.361 e. The zero-order valence-electron chi connectivity index (χ0n) is 11.6. The van der Waals surface area contributed by atoms with Crippen molar-refractivity contribution in [3.63, 3.8) is 0 Å². The van der Waals surface area contributed by atoms with Gasteiger partial charge in [-0.15, -0.1) is 0 Å². The summed E-state index contributed by atoms with van der Waals surface area (Å²) in [6.45, 7) is 4.77. The number of halogens is 1. The zero-order valence-corrected chi connectivity index (χ0v) is 13.1. The third kappa shape index (κ3) is 3.59. The molecule has 0 N–H and O–H groups in total. The zero-order chi connectivity index (χ0) is 13.8. The Hall–Kier alpha value is -0.840. The molecule has 1 aliphatic rings. The second-order valence-electron chi connectivity index (χ2n) is 5.31. The molecular weight excluding hydrogens is 308 g/mol. The lowest BCUT2D eigenvalue weighted by Gasteiger charge is -2.30. The van der Waals surface area contributed by atoms with Crippen LogP contribution in [0.15, 0.2) is 10.7 Å². The summed E-state index contributed by atoms with van der Waals surface area (Å²) in [5.41, 5.74) is 0.606. The third-order valence-electron chi connectivity index (χ3n) is 3.72. The molecule has 0 radical (unpaired) electrons. The van der Waals surface area contributed by atoms with E-state index >= 15 is 0 Å². The fraction of sp³-hybridized carbons (Fsp3) is 0.714. The average molecular weight is 329 g/mol. The van der Waals surface area contributed by atoms with Crippen LogP contribution in [0.2, 0.25) is 0 Å². The summed E-state index contributed by atoms with van der Waals surface area (Å²) in [5.74, 6) is 0.679. The van der Waals surface area contributed by atoms with Crippen molar-refractivity contribution in [2.24, 2.45) is 0 Å². The predicted molar refractivity (Wildman–Crippen MR) is 77.5 cm³/mol. The van der Waals surface area contributed by atoms with Gasteiger partial charge in [0.1, 0.15) is 11.3 Å². The van der Waals surface area contributed by atoms with Crippen molar-refractivity contribution in [1.82, 2.24) is 10.1 Å². The highest BCUT2D eigenvalue weighted by Gasteiger charge is 2.28. The molecular formula is C14H21BrN2O2. The number of likely N-dealkylation sites (tertiary alicyclic amines) is 1. The molecule has 2 rings (SSSR count). The Labute approximate surface area is 122 Å². The van der Waals surface area contributed by atoms with E-state index in [2.05, 4.69) is 28.0 Å². The number of carbonyl (C=O) groups excluding carboxylic acids is 1. The summed E-state index contributed by atoms with van der Waals surface area (Å²) in [6.07, 6.45) is 7.12. The Morgan fingerprint density at radius 2 is 2.37 bits per heavy atom. The fourth-order valence-electron chi connectivity index (χ4n) is 2.72. The predicted octanol–water partition coefficient (Wildman–Crippen LogP) is 3.54. The van der Waals surface area contributed by atoms with E-state index in [0.29, 0.717) is 22.2 Å². The molecule has 1 aromatic rings. The highest BCUT2D eigenvalue weighted by Crippen LogP contribution is 2.25. The molecule has 1 saturated heterocycles. The van der Waals surface area contributed by atoms with Crippen LogP contribution < -0.4 is 0 Å². The Morgan fingerprint density at radius 3 is 3.00 bits per heavy atom. The van der Waals surface area contributed by atoms with Crippen LogP contribution in [0.1, 0.15) is 55.1 Å². The smallest absolute Gasteiger partial charge is 0.259 e. The maximum Gasteiger partial charge on any atom is 0.259 e. The van der Waals surface area contributed by atoms with Crippen LogP contribution in [-0.4, -0.2) is 33.4 Å². The van der Waals surface area contributed by atoms with E-state index in [1.807, 2.05) is 4.90 Å². The highest BCUT2D eigenvalue weighted by atomic mass is 79.9. The molecule has 2 unspecified atom stereocenters. The Bertz CT molecular complexity index is 431. The number of nitrogens with zero attached hydrogens (tertiary/aromatic N) is 2. The first-order valence-electron chi connectivity index (χ1n) is 6.96. The molecule has 1 aromatic heterocycles. The van der Waals surface area contributed by atoms with Crippen LogP contribution in [0.3, 0.4) is 0 Å². The van der Waals surface area contributed by atoms with Crippen molar-refractivity contribution in [3.8, 4) is 0 Å². The van der Waals surface area contributed by atoms with Gasteiger partial charge in [-0.1, -0.05) is 40.9 Å². The van der Waals surface area contributed by atoms with Crippen LogP contribution in [0, 0.1) is 6.92 Å². The molecule has 0 aliphatic carbocycles. The SMILES string of the molecule is Cc1oncc1C(=O)N1CCCCCC1CC(C)Br. The number of hydrogen-bond donors (Lipinski definition) is 0. The monoisotopic (exact) mass is 328 g/mol. The van der Waals surface area contributed by atoms with Crippen LogP contribution in [0.4, 0.5) is 0 Å². The molecule has 0 spiro atoms. The second kappa shape index (κ2) is 6.55. The van der Waals surface area contributed by atoms with Gasteiger partial charge in [0, 0.05) is 17.4 Å². The minimum atomic E-state index is 0.0683. The number of aromatic nitrogens is 1. The number of carbonyl (C=O) groups is 1. The standard InChI is InChI=1S/C14H21BrN2O2/c1-10(15)8-12-6-4-3-5-7-17(12)14(18)13-9-16-19-11(13)2/h9-10,12H,3-8H2,1-2H3. The lowest BCUT2D eigenvalue weighted by molar-refractivity contribution is 0.0673. The molecule has 1 aliphatic heterocycles. The molecule has 106 valence electrons. The van der Waals surface area contributed by atoms with Gasteiger partial charge in [-0.2, -0.15) is 0 Å². The first-order valence-corrected chi connectivity index (χ1v) is 7.87. The van der Waals surface area contributed by atoms with Gasteiger partial charge in [0.05, 0.1) is 6.20 Å². The lowest BCUT2D eigenvalue weighted by atomic mass is 10.0. The molecule has 5 heteroatoms. The van der Waals surface area contributed by atoms with Gasteiger partial charge in [0.25, 0.3) is 5.91 Å². The highest BCUT2D eigenvalue weighted by molar-refractivity contribution is 9.09. The van der Waals surface area contributed by atoms with E-state index in [1.54, 1.807) is 6.92 Å². The molecule has 0 bridgehead atoms. The van der Waals surface area contributed by atoms with E-state index in [1.165, 1.54) is 19.0 Å². The Morgan fingerprint density at radius 1 is 1.58 bits per heavy atom. The van der Waals surface area contributed by atoms with Crippen molar-refractivity contribution in [3.05, 3.63) is 17.5 Å². The van der Waals surface area contributed by atoms with Gasteiger partial charge in [-0.3, -0.25) is 4.79 Å². The summed E-state index contributed by atoms with van der Waals surface area (Å²) in [7, 11) is 0. The van der Waals surface area contributed by atoms with Gasteiger partial charge in [-0.25, -0.2) is 0 Å². The molecule has 2 heterocycles. The third-order valence-corrected chi connectivity index (χ3v) is 4.09. The lowest BCUT2D eigenvalue weighted by Crippen LogP contribution is -2.41. The fourth-order valence-corrected chi connectivity index (χ4v) is 3.15. The van der Waals surface area contributed by atoms with Gasteiger partial charge in [-0.05, 0) is 26.2 Å². The summed E-state index contributed by atoms with van der Waals surface area (Å²) >= 11 is 3.61. The average Bonchev–Trinajstić information content (AvgIpc) is 2.64. The normalized spacial score (nSPS) is 22.1. The van der Waals surface area contributed by atoms with Gasteiger partial charge >= 0.3 is 0 Å². The molecule has 4 nitrogen and oxygen atoms in total. The van der Waals surface area contributed by atoms with Gasteiger partial charge in [0.2, 0.25) is 0 Å². The molecule has 19 heavy (non-hydrogen) atoms. The molecule has 0 aromatic carbocycles. The first kappa shape index (κ1) is 14.6. The number of aryl methyl sites for hydroxylation is 1. The van der Waals surface area contributed by atoms with Crippen LogP contribution in [0.5, 0.6) is 0 Å². The van der Waals surface area contributed by atoms with Gasteiger partial charge < -0.3 is 9.42 Å². The van der Waals surface area contributed by atoms with Crippen LogP contribution >= 0.6 is 15.9 Å². The summed E-state index contributed by atoms with van der Waals surface area (Å²) < 4.78 is 5.02. The van der Waals surface area contributed by atoms with Crippen molar-refractivity contribution in [2.45, 2.75) is 56.8 Å². The van der Waals surface area contributed by atoms with Crippen molar-refractivity contribution < 1.29 is 9.32 Å². The van der Waals surface area contributed by atoms with Crippen molar-refractivity contribution in [1.29, 1.82) is 0 Å². The van der Waals surface area contributed by atoms with E-state index < -0.39 is 0 Å². The number of amides is 1. The van der Waals surface area contributed by atoms with Gasteiger partial charge in [0.15, 0.2) is 0 Å². The minimum absolute atomic E-state index is 0.0683. The number of hydrogen-bond acceptors (Lipinski definition) is 3. The molecule has 2 atom stereocenters. The van der Waals surface area contributed by atoms with E-state index in [-0.39, 0.29) is 5.91 Å². The van der Waals surface area contributed by atoms with Crippen molar-refractivity contribution >= 4 is 21.8 Å². The number of alkyl halides is 1. The van der Waals surface area contributed by atoms with E-state index in [0.717, 1.165) is 25.8 Å². The number of rotatable bonds is 3. The van der Waals surface area contributed by atoms with Crippen molar-refractivity contribution in [2.75, 3.05) is 6.54 Å². The maximum atomic E-state index is 12.6. The summed E-state index contributed by atoms with van der Waals surface area (Å²) in [4.78, 5) is 15.1. The molecule has 1 fully saturated rings. The summed E-state index contributed by atoms with van der Waals surface area (Å²) in [5, 5.41) is 3.72. The Balaban J connectivity index is 2.17. The molecule has 1 amide bonds. The minimum Gasteiger partial charge on any atom is -0.361 e. The first-order chi connectivity index (χ1) is 9.09. The van der Waals surface area contributed by atoms with Crippen LogP contribution in [-0.2, 0) is 0 Å². The van der Waals surface area contributed by atoms with E-state index in [9.17, 15) is 4.79 Å². The maximum absolute atomic E-state index is 12.6. The van der Waals surface area contributed by atoms with E-state index in [4.69, 9.17) is 4.52 Å². The second-order valence-corrected chi connectivity index (χ2v) is 6.88. The topological polar surface area (TPSA) is 46.3 Å². The summed E-state index contributed by atoms with van der Waals surface area (Å²) in [6, 6.07) is 0.318.